The number of para-hydroxylation sites is 1. The Kier molecular flexibility index (Phi) is 2.54. The molecule has 2 heterocycles. The molecule has 0 amide bonds. The topological polar surface area (TPSA) is 57.9 Å². The van der Waals surface area contributed by atoms with Crippen LogP contribution in [0.2, 0.25) is 0 Å². The van der Waals surface area contributed by atoms with Gasteiger partial charge in [-0.3, -0.25) is 4.79 Å². The monoisotopic (exact) mass is 314 g/mol. The molecule has 0 aliphatic heterocycles. The molecule has 0 bridgehead atoms. The normalized spacial score (nSPS) is 11.7. The Bertz CT molecular complexity index is 1310. The van der Waals surface area contributed by atoms with Gasteiger partial charge in [-0.25, -0.2) is 0 Å². The van der Waals surface area contributed by atoms with E-state index in [0.717, 1.165) is 43.8 Å². The Morgan fingerprint density at radius 3 is 2.38 bits per heavy atom. The molecule has 0 spiro atoms. The largest absolute Gasteiger partial charge is 0.497 e. The van der Waals surface area contributed by atoms with Crippen molar-refractivity contribution >= 4 is 43.5 Å². The Morgan fingerprint density at radius 1 is 0.708 bits per heavy atom. The van der Waals surface area contributed by atoms with E-state index < -0.39 is 0 Å². The average molecular weight is 314 g/mol. The van der Waals surface area contributed by atoms with E-state index in [1.54, 1.807) is 7.11 Å². The number of methoxy groups -OCH3 is 1. The predicted octanol–water partition coefficient (Wildman–Crippen LogP) is 4.32. The molecular formula is C20H14N2O2. The van der Waals surface area contributed by atoms with E-state index in [2.05, 4.69) is 16.0 Å². The fourth-order valence-corrected chi connectivity index (χ4v) is 3.48. The molecule has 0 atom stereocenters. The lowest BCUT2D eigenvalue weighted by Crippen LogP contribution is -2.06. The number of hydrogen-bond donors (Lipinski definition) is 2. The molecule has 116 valence electrons. The highest BCUT2D eigenvalue weighted by atomic mass is 16.5. The number of fused-ring (bicyclic) bond motifs is 6. The zero-order valence-electron chi connectivity index (χ0n) is 13.0. The first-order valence-electron chi connectivity index (χ1n) is 7.79. The highest BCUT2D eigenvalue weighted by Crippen LogP contribution is 2.32. The number of aromatic amines is 2. The summed E-state index contributed by atoms with van der Waals surface area (Å²) in [5, 5.41) is 4.78. The van der Waals surface area contributed by atoms with E-state index in [4.69, 9.17) is 4.74 Å². The zero-order valence-corrected chi connectivity index (χ0v) is 13.0. The second kappa shape index (κ2) is 4.61. The van der Waals surface area contributed by atoms with Crippen molar-refractivity contribution in [1.82, 2.24) is 9.97 Å². The van der Waals surface area contributed by atoms with Crippen molar-refractivity contribution < 1.29 is 4.74 Å². The minimum absolute atomic E-state index is 0.0668. The molecule has 0 fully saturated rings. The maximum absolute atomic E-state index is 12.5. The first kappa shape index (κ1) is 13.2. The van der Waals surface area contributed by atoms with Crippen LogP contribution in [0.1, 0.15) is 0 Å². The third kappa shape index (κ3) is 1.71. The smallest absolute Gasteiger partial charge is 0.256 e. The molecule has 24 heavy (non-hydrogen) atoms. The summed E-state index contributed by atoms with van der Waals surface area (Å²) in [7, 11) is 1.66. The minimum atomic E-state index is -0.0668. The molecule has 5 aromatic rings. The minimum Gasteiger partial charge on any atom is -0.497 e. The maximum Gasteiger partial charge on any atom is 0.256 e. The third-order valence-corrected chi connectivity index (χ3v) is 4.65. The predicted molar refractivity (Wildman–Crippen MR) is 98.0 cm³/mol. The molecule has 0 unspecified atom stereocenters. The van der Waals surface area contributed by atoms with Crippen molar-refractivity contribution in [2.75, 3.05) is 7.11 Å². The van der Waals surface area contributed by atoms with Crippen LogP contribution in [-0.2, 0) is 0 Å². The van der Waals surface area contributed by atoms with Gasteiger partial charge in [0.05, 0.1) is 7.11 Å². The summed E-state index contributed by atoms with van der Waals surface area (Å²) in [5.74, 6) is 0.802. The van der Waals surface area contributed by atoms with Crippen molar-refractivity contribution in [2.45, 2.75) is 0 Å². The summed E-state index contributed by atoms with van der Waals surface area (Å²) in [6, 6.07) is 17.8. The second-order valence-corrected chi connectivity index (χ2v) is 5.98. The summed E-state index contributed by atoms with van der Waals surface area (Å²) in [6.45, 7) is 0. The molecule has 0 saturated heterocycles. The molecule has 5 rings (SSSR count). The van der Waals surface area contributed by atoms with Crippen molar-refractivity contribution in [3.8, 4) is 5.75 Å². The van der Waals surface area contributed by atoms with E-state index in [9.17, 15) is 4.79 Å². The van der Waals surface area contributed by atoms with Gasteiger partial charge in [-0.05, 0) is 41.8 Å². The Balaban J connectivity index is 2.01. The van der Waals surface area contributed by atoms with E-state index in [1.807, 2.05) is 48.5 Å². The number of pyridine rings is 1. The molecule has 4 nitrogen and oxygen atoms in total. The van der Waals surface area contributed by atoms with Crippen molar-refractivity contribution in [1.29, 1.82) is 0 Å². The van der Waals surface area contributed by atoms with Crippen LogP contribution in [0.3, 0.4) is 0 Å². The lowest BCUT2D eigenvalue weighted by molar-refractivity contribution is 0.415. The number of aromatic nitrogens is 2. The molecule has 0 saturated carbocycles. The molecule has 3 aromatic carbocycles. The van der Waals surface area contributed by atoms with Gasteiger partial charge in [-0.1, -0.05) is 18.2 Å². The van der Waals surface area contributed by atoms with E-state index in [-0.39, 0.29) is 5.56 Å². The van der Waals surface area contributed by atoms with Crippen LogP contribution < -0.4 is 10.3 Å². The van der Waals surface area contributed by atoms with Crippen molar-refractivity contribution in [3.05, 3.63) is 65.0 Å². The van der Waals surface area contributed by atoms with E-state index in [1.165, 1.54) is 0 Å². The summed E-state index contributed by atoms with van der Waals surface area (Å²) >= 11 is 0. The van der Waals surface area contributed by atoms with Gasteiger partial charge >= 0.3 is 0 Å². The van der Waals surface area contributed by atoms with Crippen LogP contribution >= 0.6 is 0 Å². The SMILES string of the molecule is COc1ccc2[nH]c3cc4c(cc3c2c1)c(=O)[nH]c1ccccc14. The van der Waals surface area contributed by atoms with Gasteiger partial charge in [0.25, 0.3) is 5.56 Å². The lowest BCUT2D eigenvalue weighted by Gasteiger charge is -2.04. The molecule has 0 radical (unpaired) electrons. The molecule has 4 heteroatoms. The van der Waals surface area contributed by atoms with Gasteiger partial charge in [0.1, 0.15) is 5.75 Å². The van der Waals surface area contributed by atoms with Gasteiger partial charge in [0.15, 0.2) is 0 Å². The van der Waals surface area contributed by atoms with Crippen LogP contribution in [0.15, 0.2) is 59.4 Å². The zero-order chi connectivity index (χ0) is 16.3. The number of hydrogen-bond acceptors (Lipinski definition) is 2. The van der Waals surface area contributed by atoms with Gasteiger partial charge < -0.3 is 14.7 Å². The quantitative estimate of drug-likeness (QED) is 0.453. The maximum atomic E-state index is 12.5. The first-order valence-corrected chi connectivity index (χ1v) is 7.79. The van der Waals surface area contributed by atoms with Crippen LogP contribution in [0, 0.1) is 0 Å². The standard InChI is InChI=1S/C20H14N2O2/c1-24-11-6-7-18-14(8-11)15-9-16-13(10-19(15)21-18)12-4-2-3-5-17(12)22-20(16)23/h2-10,21H,1H3,(H,22,23). The van der Waals surface area contributed by atoms with Crippen molar-refractivity contribution in [3.63, 3.8) is 0 Å². The number of ether oxygens (including phenoxy) is 1. The molecule has 2 aromatic heterocycles. The Hall–Kier alpha value is -3.27. The van der Waals surface area contributed by atoms with Gasteiger partial charge in [-0.15, -0.1) is 0 Å². The highest BCUT2D eigenvalue weighted by Gasteiger charge is 2.11. The van der Waals surface area contributed by atoms with Gasteiger partial charge in [0, 0.05) is 38.1 Å². The number of H-pyrrole nitrogens is 2. The first-order chi connectivity index (χ1) is 11.7. The second-order valence-electron chi connectivity index (χ2n) is 5.98. The van der Waals surface area contributed by atoms with Crippen LogP contribution in [-0.4, -0.2) is 17.1 Å². The van der Waals surface area contributed by atoms with Crippen LogP contribution in [0.5, 0.6) is 5.75 Å². The van der Waals surface area contributed by atoms with E-state index >= 15 is 0 Å². The fraction of sp³-hybridized carbons (Fsp3) is 0.0500. The van der Waals surface area contributed by atoms with Crippen LogP contribution in [0.25, 0.3) is 43.5 Å². The van der Waals surface area contributed by atoms with Crippen molar-refractivity contribution in [2.24, 2.45) is 0 Å². The average Bonchev–Trinajstić information content (AvgIpc) is 2.97. The third-order valence-electron chi connectivity index (χ3n) is 4.65. The molecule has 2 N–H and O–H groups in total. The summed E-state index contributed by atoms with van der Waals surface area (Å²) in [5.41, 5.74) is 2.83. The van der Waals surface area contributed by atoms with E-state index in [0.29, 0.717) is 5.39 Å². The number of nitrogens with one attached hydrogen (secondary N) is 2. The Morgan fingerprint density at radius 2 is 1.50 bits per heavy atom. The number of benzene rings is 3. The fourth-order valence-electron chi connectivity index (χ4n) is 3.48. The molecular weight excluding hydrogens is 300 g/mol. The highest BCUT2D eigenvalue weighted by molar-refractivity contribution is 6.16. The lowest BCUT2D eigenvalue weighted by atomic mass is 10.0. The summed E-state index contributed by atoms with van der Waals surface area (Å²) in [4.78, 5) is 18.9. The number of rotatable bonds is 1. The summed E-state index contributed by atoms with van der Waals surface area (Å²) in [6.07, 6.45) is 0. The van der Waals surface area contributed by atoms with Gasteiger partial charge in [0.2, 0.25) is 0 Å². The van der Waals surface area contributed by atoms with Gasteiger partial charge in [-0.2, -0.15) is 0 Å². The summed E-state index contributed by atoms with van der Waals surface area (Å²) < 4.78 is 5.33. The van der Waals surface area contributed by atoms with Crippen LogP contribution in [0.4, 0.5) is 0 Å². The Labute approximate surface area is 136 Å². The molecule has 0 aliphatic carbocycles. The molecule has 0 aliphatic rings.